The number of nitrogens with two attached hydrogens (primary N) is 1. The maximum atomic E-state index is 12.2. The molecule has 0 radical (unpaired) electrons. The molecule has 18 heavy (non-hydrogen) atoms. The van der Waals surface area contributed by atoms with Gasteiger partial charge < -0.3 is 10.6 Å². The molecule has 0 aliphatic carbocycles. The topological polar surface area (TPSA) is 58.4 Å². The first-order chi connectivity index (χ1) is 8.24. The lowest BCUT2D eigenvalue weighted by Gasteiger charge is -2.22. The summed E-state index contributed by atoms with van der Waals surface area (Å²) in [5.74, 6) is 0. The van der Waals surface area contributed by atoms with Crippen LogP contribution in [0.1, 0.15) is 0 Å². The fourth-order valence-corrected chi connectivity index (χ4v) is 2.13. The summed E-state index contributed by atoms with van der Waals surface area (Å²) in [7, 11) is 1.40. The van der Waals surface area contributed by atoms with E-state index in [1.807, 2.05) is 0 Å². The van der Waals surface area contributed by atoms with Crippen molar-refractivity contribution < 1.29 is 17.4 Å². The van der Waals surface area contributed by atoms with E-state index < -0.39 is 23.7 Å². The number of alkyl halides is 3. The maximum absolute atomic E-state index is 12.2. The predicted octanol–water partition coefficient (Wildman–Crippen LogP) is 1.51. The van der Waals surface area contributed by atoms with Crippen molar-refractivity contribution in [3.05, 3.63) is 18.2 Å². The van der Waals surface area contributed by atoms with Gasteiger partial charge in [-0.25, -0.2) is 8.93 Å². The van der Waals surface area contributed by atoms with Crippen LogP contribution in [0.25, 0.3) is 0 Å². The molecule has 4 nitrogen and oxygen atoms in total. The molecule has 1 rings (SSSR count). The molecule has 0 bridgehead atoms. The second kappa shape index (κ2) is 5.57. The Hall–Kier alpha value is -1.28. The Bertz CT molecular complexity index is 450. The zero-order valence-corrected chi connectivity index (χ0v) is 10.7. The molecule has 1 aromatic carbocycles. The van der Waals surface area contributed by atoms with Crippen LogP contribution in [0.3, 0.4) is 0 Å². The van der Waals surface area contributed by atoms with E-state index in [-0.39, 0.29) is 11.4 Å². The third kappa shape index (κ3) is 3.88. The molecule has 1 unspecified atom stereocenters. The highest BCUT2D eigenvalue weighted by molar-refractivity contribution is 7.83. The summed E-state index contributed by atoms with van der Waals surface area (Å²) >= 11 is 0. The van der Waals surface area contributed by atoms with Gasteiger partial charge in [0.05, 0.1) is 16.3 Å². The minimum Gasteiger partial charge on any atom is -0.397 e. The van der Waals surface area contributed by atoms with Gasteiger partial charge in [-0.3, -0.25) is 0 Å². The first kappa shape index (κ1) is 14.8. The molecular weight excluding hydrogens is 267 g/mol. The van der Waals surface area contributed by atoms with Gasteiger partial charge >= 0.3 is 6.18 Å². The second-order valence-corrected chi connectivity index (χ2v) is 5.08. The van der Waals surface area contributed by atoms with Crippen LogP contribution in [0.2, 0.25) is 0 Å². The van der Waals surface area contributed by atoms with E-state index in [0.717, 1.165) is 4.90 Å². The number of benzene rings is 1. The van der Waals surface area contributed by atoms with Gasteiger partial charge in [0, 0.05) is 7.05 Å². The van der Waals surface area contributed by atoms with Crippen LogP contribution in [0.4, 0.5) is 24.5 Å². The molecule has 0 aromatic heterocycles. The highest BCUT2D eigenvalue weighted by Crippen LogP contribution is 2.27. The van der Waals surface area contributed by atoms with Crippen LogP contribution in [0.5, 0.6) is 0 Å². The van der Waals surface area contributed by atoms with Crippen molar-refractivity contribution in [2.24, 2.45) is 0 Å². The van der Waals surface area contributed by atoms with Crippen molar-refractivity contribution in [1.82, 2.24) is 4.72 Å². The molecule has 1 atom stereocenters. The number of anilines is 2. The molecule has 0 amide bonds. The molecule has 8 heteroatoms. The standard InChI is InChI=1S/C10H14F3N3OS/c1-15-18(17)7-3-4-9(8(14)5-7)16(2)6-10(11,12)13/h3-5,15H,6,14H2,1-2H3. The fourth-order valence-electron chi connectivity index (χ4n) is 1.47. The zero-order valence-electron chi connectivity index (χ0n) is 9.91. The number of hydrogen-bond acceptors (Lipinski definition) is 3. The molecule has 0 aliphatic rings. The Balaban J connectivity index is 2.95. The number of nitrogens with zero attached hydrogens (tertiary/aromatic N) is 1. The van der Waals surface area contributed by atoms with Crippen LogP contribution >= 0.6 is 0 Å². The molecular formula is C10H14F3N3OS. The molecule has 102 valence electrons. The van der Waals surface area contributed by atoms with E-state index in [2.05, 4.69) is 4.72 Å². The lowest BCUT2D eigenvalue weighted by atomic mass is 10.2. The normalized spacial score (nSPS) is 13.4. The van der Waals surface area contributed by atoms with E-state index in [9.17, 15) is 17.4 Å². The Labute approximate surface area is 106 Å². The lowest BCUT2D eigenvalue weighted by molar-refractivity contribution is -0.119. The van der Waals surface area contributed by atoms with Crippen molar-refractivity contribution in [2.75, 3.05) is 31.3 Å². The Kier molecular flexibility index (Phi) is 4.58. The van der Waals surface area contributed by atoms with Crippen molar-refractivity contribution in [1.29, 1.82) is 0 Å². The lowest BCUT2D eigenvalue weighted by Crippen LogP contribution is -2.31. The summed E-state index contributed by atoms with van der Waals surface area (Å²) in [5, 5.41) is 0. The van der Waals surface area contributed by atoms with Crippen molar-refractivity contribution >= 4 is 22.4 Å². The SMILES string of the molecule is CNS(=O)c1ccc(N(C)CC(F)(F)F)c(N)c1. The summed E-state index contributed by atoms with van der Waals surface area (Å²) in [6.45, 7) is -1.09. The van der Waals surface area contributed by atoms with E-state index in [4.69, 9.17) is 5.73 Å². The Morgan fingerprint density at radius 3 is 2.50 bits per heavy atom. The van der Waals surface area contributed by atoms with Gasteiger partial charge in [0.2, 0.25) is 0 Å². The smallest absolute Gasteiger partial charge is 0.397 e. The highest BCUT2D eigenvalue weighted by atomic mass is 32.2. The second-order valence-electron chi connectivity index (χ2n) is 3.66. The highest BCUT2D eigenvalue weighted by Gasteiger charge is 2.29. The minimum absolute atomic E-state index is 0.155. The number of nitrogen functional groups attached to an aromatic ring is 1. The molecule has 0 saturated heterocycles. The molecule has 0 spiro atoms. The van der Waals surface area contributed by atoms with Crippen molar-refractivity contribution in [3.8, 4) is 0 Å². The van der Waals surface area contributed by atoms with E-state index in [1.54, 1.807) is 0 Å². The van der Waals surface area contributed by atoms with Crippen LogP contribution < -0.4 is 15.4 Å². The van der Waals surface area contributed by atoms with Gasteiger partial charge in [-0.15, -0.1) is 0 Å². The molecule has 3 N–H and O–H groups in total. The maximum Gasteiger partial charge on any atom is 0.405 e. The Morgan fingerprint density at radius 2 is 2.06 bits per heavy atom. The van der Waals surface area contributed by atoms with E-state index in [1.165, 1.54) is 32.3 Å². The number of halogens is 3. The molecule has 0 fully saturated rings. The molecule has 0 heterocycles. The summed E-state index contributed by atoms with van der Waals surface area (Å²) in [5.41, 5.74) is 6.07. The fraction of sp³-hybridized carbons (Fsp3) is 0.400. The van der Waals surface area contributed by atoms with Gasteiger partial charge in [-0.05, 0) is 25.2 Å². The monoisotopic (exact) mass is 281 g/mol. The van der Waals surface area contributed by atoms with Gasteiger partial charge in [-0.1, -0.05) is 0 Å². The quantitative estimate of drug-likeness (QED) is 0.822. The molecule has 0 aliphatic heterocycles. The van der Waals surface area contributed by atoms with Gasteiger partial charge in [0.15, 0.2) is 0 Å². The van der Waals surface area contributed by atoms with Crippen molar-refractivity contribution in [3.63, 3.8) is 0 Å². The number of rotatable bonds is 4. The third-order valence-corrected chi connectivity index (χ3v) is 3.28. The van der Waals surface area contributed by atoms with Crippen molar-refractivity contribution in [2.45, 2.75) is 11.1 Å². The number of hydrogen-bond donors (Lipinski definition) is 2. The summed E-state index contributed by atoms with van der Waals surface area (Å²) < 4.78 is 50.7. The van der Waals surface area contributed by atoms with E-state index in [0.29, 0.717) is 4.90 Å². The van der Waals surface area contributed by atoms with Gasteiger partial charge in [0.25, 0.3) is 0 Å². The number of nitrogens with one attached hydrogen (secondary N) is 1. The van der Waals surface area contributed by atoms with Crippen LogP contribution in [-0.2, 0) is 11.0 Å². The summed E-state index contributed by atoms with van der Waals surface area (Å²) in [4.78, 5) is 1.42. The predicted molar refractivity (Wildman–Crippen MR) is 65.6 cm³/mol. The van der Waals surface area contributed by atoms with Crippen LogP contribution in [0.15, 0.2) is 23.1 Å². The van der Waals surface area contributed by atoms with E-state index >= 15 is 0 Å². The zero-order chi connectivity index (χ0) is 13.9. The largest absolute Gasteiger partial charge is 0.405 e. The van der Waals surface area contributed by atoms with Crippen LogP contribution in [-0.4, -0.2) is 31.0 Å². The molecule has 0 saturated carbocycles. The average Bonchev–Trinajstić information content (AvgIpc) is 2.25. The summed E-state index contributed by atoms with van der Waals surface area (Å²) in [6.07, 6.45) is -4.30. The summed E-state index contributed by atoms with van der Waals surface area (Å²) in [6, 6.07) is 4.30. The van der Waals surface area contributed by atoms with Gasteiger partial charge in [0.1, 0.15) is 17.5 Å². The molecule has 1 aromatic rings. The third-order valence-electron chi connectivity index (χ3n) is 2.23. The minimum atomic E-state index is -4.30. The average molecular weight is 281 g/mol. The van der Waals surface area contributed by atoms with Gasteiger partial charge in [-0.2, -0.15) is 13.2 Å². The van der Waals surface area contributed by atoms with Crippen LogP contribution in [0, 0.1) is 0 Å². The first-order valence-electron chi connectivity index (χ1n) is 5.01. The Morgan fingerprint density at radius 1 is 1.44 bits per heavy atom. The first-order valence-corrected chi connectivity index (χ1v) is 6.16.